The Balaban J connectivity index is 2.83. The lowest BCUT2D eigenvalue weighted by Gasteiger charge is -2.20. The molecule has 0 saturated heterocycles. The molecule has 2 nitrogen and oxygen atoms in total. The molecule has 0 spiro atoms. The van der Waals surface area contributed by atoms with Crippen LogP contribution < -0.4 is 5.32 Å². The molecule has 1 N–H and O–H groups in total. The minimum atomic E-state index is -4.14. The van der Waals surface area contributed by atoms with Crippen LogP contribution in [0.5, 0.6) is 0 Å². The summed E-state index contributed by atoms with van der Waals surface area (Å²) in [7, 11) is 0. The van der Waals surface area contributed by atoms with Gasteiger partial charge in [-0.1, -0.05) is 6.92 Å². The van der Waals surface area contributed by atoms with Gasteiger partial charge >= 0.3 is 6.18 Å². The predicted molar refractivity (Wildman–Crippen MR) is 76.0 cm³/mol. The molecule has 19 heavy (non-hydrogen) atoms. The van der Waals surface area contributed by atoms with Gasteiger partial charge in [-0.15, -0.1) is 0 Å². The van der Waals surface area contributed by atoms with E-state index in [-0.39, 0.29) is 6.42 Å². The van der Waals surface area contributed by atoms with Crippen LogP contribution in [0.15, 0.2) is 21.2 Å². The Bertz CT molecular complexity index is 410. The molecule has 0 aliphatic carbocycles. The quantitative estimate of drug-likeness (QED) is 0.723. The van der Waals surface area contributed by atoms with Gasteiger partial charge in [0.25, 0.3) is 0 Å². The smallest absolute Gasteiger partial charge is 0.309 e. The fraction of sp³-hybridized carbons (Fsp3) is 0.583. The molecule has 1 unspecified atom stereocenters. The van der Waals surface area contributed by atoms with Crippen molar-refractivity contribution in [3.05, 3.63) is 26.9 Å². The fourth-order valence-corrected chi connectivity index (χ4v) is 2.91. The average Bonchev–Trinajstić information content (AvgIpc) is 2.29. The highest BCUT2D eigenvalue weighted by Crippen LogP contribution is 2.31. The van der Waals surface area contributed by atoms with Gasteiger partial charge in [0.05, 0.1) is 11.7 Å². The number of rotatable bonds is 6. The molecule has 0 fully saturated rings. The molecule has 1 rings (SSSR count). The maximum absolute atomic E-state index is 12.4. The zero-order valence-corrected chi connectivity index (χ0v) is 13.6. The first-order valence-electron chi connectivity index (χ1n) is 5.94. The van der Waals surface area contributed by atoms with Crippen molar-refractivity contribution < 1.29 is 13.2 Å². The molecule has 1 heterocycles. The van der Waals surface area contributed by atoms with Crippen LogP contribution in [-0.2, 0) is 0 Å². The monoisotopic (exact) mass is 402 g/mol. The number of halogens is 5. The second kappa shape index (κ2) is 7.59. The molecular weight excluding hydrogens is 389 g/mol. The highest BCUT2D eigenvalue weighted by Gasteiger charge is 2.29. The standard InChI is InChI=1S/C12H15Br2F3N2/c1-2-5-18-10(3-4-12(15,16)17)11-9(14)6-8(13)7-19-11/h6-7,10,18H,2-5H2,1H3. The van der Waals surface area contributed by atoms with Crippen LogP contribution in [0.2, 0.25) is 0 Å². The summed E-state index contributed by atoms with van der Waals surface area (Å²) in [6, 6.07) is 1.39. The molecule has 0 bridgehead atoms. The summed E-state index contributed by atoms with van der Waals surface area (Å²) in [6.45, 7) is 2.63. The van der Waals surface area contributed by atoms with E-state index in [2.05, 4.69) is 42.2 Å². The zero-order valence-electron chi connectivity index (χ0n) is 10.4. The van der Waals surface area contributed by atoms with Gasteiger partial charge in [0.15, 0.2) is 0 Å². The Labute approximate surface area is 127 Å². The van der Waals surface area contributed by atoms with Crippen molar-refractivity contribution >= 4 is 31.9 Å². The first-order valence-corrected chi connectivity index (χ1v) is 7.53. The van der Waals surface area contributed by atoms with Crippen molar-refractivity contribution in [1.82, 2.24) is 10.3 Å². The molecule has 108 valence electrons. The number of hydrogen-bond acceptors (Lipinski definition) is 2. The van der Waals surface area contributed by atoms with E-state index in [0.717, 1.165) is 10.9 Å². The van der Waals surface area contributed by atoms with Gasteiger partial charge in [-0.25, -0.2) is 0 Å². The molecule has 7 heteroatoms. The topological polar surface area (TPSA) is 24.9 Å². The van der Waals surface area contributed by atoms with Crippen LogP contribution in [0.3, 0.4) is 0 Å². The van der Waals surface area contributed by atoms with E-state index in [1.165, 1.54) is 0 Å². The normalized spacial score (nSPS) is 13.6. The lowest BCUT2D eigenvalue weighted by atomic mass is 10.1. The Morgan fingerprint density at radius 3 is 2.58 bits per heavy atom. The van der Waals surface area contributed by atoms with E-state index in [0.29, 0.717) is 16.7 Å². The summed E-state index contributed by atoms with van der Waals surface area (Å²) in [5, 5.41) is 3.11. The van der Waals surface area contributed by atoms with E-state index in [4.69, 9.17) is 0 Å². The largest absolute Gasteiger partial charge is 0.389 e. The second-order valence-electron chi connectivity index (χ2n) is 4.18. The number of nitrogens with one attached hydrogen (secondary N) is 1. The molecule has 0 aliphatic rings. The number of aromatic nitrogens is 1. The van der Waals surface area contributed by atoms with Crippen molar-refractivity contribution in [2.75, 3.05) is 6.54 Å². The van der Waals surface area contributed by atoms with E-state index in [1.54, 1.807) is 12.3 Å². The van der Waals surface area contributed by atoms with Crippen LogP contribution in [0.25, 0.3) is 0 Å². The van der Waals surface area contributed by atoms with E-state index in [1.807, 2.05) is 6.92 Å². The number of nitrogens with zero attached hydrogens (tertiary/aromatic N) is 1. The molecule has 1 aromatic rings. The average molecular weight is 404 g/mol. The highest BCUT2D eigenvalue weighted by molar-refractivity contribution is 9.11. The predicted octanol–water partition coefficient (Wildman–Crippen LogP) is 4.99. The molecule has 1 aromatic heterocycles. The molecule has 1 atom stereocenters. The minimum absolute atomic E-state index is 0.0171. The molecule has 0 aromatic carbocycles. The molecule has 0 saturated carbocycles. The maximum atomic E-state index is 12.4. The number of alkyl halides is 3. The number of hydrogen-bond donors (Lipinski definition) is 1. The van der Waals surface area contributed by atoms with Crippen LogP contribution >= 0.6 is 31.9 Å². The van der Waals surface area contributed by atoms with Crippen LogP contribution in [0.4, 0.5) is 13.2 Å². The molecule has 0 aliphatic heterocycles. The summed E-state index contributed by atoms with van der Waals surface area (Å²) >= 11 is 6.62. The summed E-state index contributed by atoms with van der Waals surface area (Å²) in [4.78, 5) is 4.21. The minimum Gasteiger partial charge on any atom is -0.309 e. The SMILES string of the molecule is CCCNC(CCC(F)(F)F)c1ncc(Br)cc1Br. The van der Waals surface area contributed by atoms with Crippen LogP contribution in [0, 0.1) is 0 Å². The highest BCUT2D eigenvalue weighted by atomic mass is 79.9. The first kappa shape index (κ1) is 16.9. The van der Waals surface area contributed by atoms with Crippen molar-refractivity contribution in [2.24, 2.45) is 0 Å². The van der Waals surface area contributed by atoms with Crippen LogP contribution in [-0.4, -0.2) is 17.7 Å². The Morgan fingerprint density at radius 1 is 1.37 bits per heavy atom. The van der Waals surface area contributed by atoms with E-state index >= 15 is 0 Å². The zero-order chi connectivity index (χ0) is 14.5. The summed E-state index contributed by atoms with van der Waals surface area (Å²) in [6.07, 6.45) is -2.53. The van der Waals surface area contributed by atoms with Gasteiger partial charge in [-0.3, -0.25) is 4.98 Å². The van der Waals surface area contributed by atoms with Crippen molar-refractivity contribution in [3.8, 4) is 0 Å². The Hall–Kier alpha value is -0.140. The van der Waals surface area contributed by atoms with Gasteiger partial charge in [0, 0.05) is 21.6 Å². The van der Waals surface area contributed by atoms with Gasteiger partial charge in [0.1, 0.15) is 0 Å². The molecule has 0 radical (unpaired) electrons. The lowest BCUT2D eigenvalue weighted by molar-refractivity contribution is -0.136. The maximum Gasteiger partial charge on any atom is 0.389 e. The summed E-state index contributed by atoms with van der Waals surface area (Å²) in [5.74, 6) is 0. The van der Waals surface area contributed by atoms with Gasteiger partial charge in [-0.2, -0.15) is 13.2 Å². The third-order valence-corrected chi connectivity index (χ3v) is 3.59. The van der Waals surface area contributed by atoms with Crippen LogP contribution in [0.1, 0.15) is 37.9 Å². The number of pyridine rings is 1. The molecule has 0 amide bonds. The van der Waals surface area contributed by atoms with Crippen molar-refractivity contribution in [2.45, 2.75) is 38.4 Å². The van der Waals surface area contributed by atoms with Gasteiger partial charge < -0.3 is 5.32 Å². The third-order valence-electron chi connectivity index (χ3n) is 2.52. The summed E-state index contributed by atoms with van der Waals surface area (Å²) in [5.41, 5.74) is 0.612. The Kier molecular flexibility index (Phi) is 6.76. The van der Waals surface area contributed by atoms with E-state index < -0.39 is 18.6 Å². The Morgan fingerprint density at radius 2 is 2.05 bits per heavy atom. The first-order chi connectivity index (χ1) is 8.83. The van der Waals surface area contributed by atoms with E-state index in [9.17, 15) is 13.2 Å². The second-order valence-corrected chi connectivity index (χ2v) is 5.95. The third kappa shape index (κ3) is 6.23. The van der Waals surface area contributed by atoms with Gasteiger partial charge in [0.2, 0.25) is 0 Å². The molecular formula is C12H15Br2F3N2. The lowest BCUT2D eigenvalue weighted by Crippen LogP contribution is -2.25. The van der Waals surface area contributed by atoms with Crippen molar-refractivity contribution in [1.29, 1.82) is 0 Å². The van der Waals surface area contributed by atoms with Crippen molar-refractivity contribution in [3.63, 3.8) is 0 Å². The van der Waals surface area contributed by atoms with Gasteiger partial charge in [-0.05, 0) is 57.3 Å². The fourth-order valence-electron chi connectivity index (χ4n) is 1.64. The summed E-state index contributed by atoms with van der Waals surface area (Å²) < 4.78 is 38.5.